The minimum Gasteiger partial charge on any atom is -0.361 e. The first-order chi connectivity index (χ1) is 8.22. The van der Waals surface area contributed by atoms with E-state index < -0.39 is 0 Å². The van der Waals surface area contributed by atoms with Gasteiger partial charge >= 0.3 is 0 Å². The van der Waals surface area contributed by atoms with Crippen LogP contribution in [-0.2, 0) is 6.54 Å². The highest BCUT2D eigenvalue weighted by atomic mass is 16.5. The fourth-order valence-electron chi connectivity index (χ4n) is 2.72. The molecule has 1 saturated heterocycles. The predicted molar refractivity (Wildman–Crippen MR) is 67.7 cm³/mol. The van der Waals surface area contributed by atoms with Crippen LogP contribution in [0.15, 0.2) is 4.52 Å². The van der Waals surface area contributed by atoms with E-state index in [9.17, 15) is 0 Å². The van der Waals surface area contributed by atoms with Gasteiger partial charge in [0.2, 0.25) is 0 Å². The Morgan fingerprint density at radius 2 is 2.24 bits per heavy atom. The molecule has 1 aliphatic heterocycles. The number of nitrogens with zero attached hydrogens (tertiary/aromatic N) is 2. The molecular formula is C13H23N3O. The molecule has 2 rings (SSSR count). The number of aromatic nitrogens is 1. The molecule has 4 nitrogen and oxygen atoms in total. The number of likely N-dealkylation sites (tertiary alicyclic amines) is 1. The molecule has 0 saturated carbocycles. The standard InChI is InChI=1S/C13H23N3O/c1-10-13(11(2)17-15-10)9-16-8-4-3-5-12(16)6-7-14/h12H,3-9,14H2,1-2H3. The van der Waals surface area contributed by atoms with E-state index in [1.54, 1.807) is 0 Å². The van der Waals surface area contributed by atoms with Gasteiger partial charge in [-0.25, -0.2) is 0 Å². The fraction of sp³-hybridized carbons (Fsp3) is 0.769. The second-order valence-corrected chi connectivity index (χ2v) is 5.00. The summed E-state index contributed by atoms with van der Waals surface area (Å²) in [6, 6.07) is 0.641. The number of hydrogen-bond acceptors (Lipinski definition) is 4. The molecule has 0 bridgehead atoms. The number of hydrogen-bond donors (Lipinski definition) is 1. The van der Waals surface area contributed by atoms with E-state index in [0.29, 0.717) is 6.04 Å². The molecule has 17 heavy (non-hydrogen) atoms. The third kappa shape index (κ3) is 2.87. The Labute approximate surface area is 103 Å². The molecule has 0 amide bonds. The van der Waals surface area contributed by atoms with Gasteiger partial charge < -0.3 is 10.3 Å². The lowest BCUT2D eigenvalue weighted by Gasteiger charge is -2.35. The molecule has 1 atom stereocenters. The van der Waals surface area contributed by atoms with E-state index in [1.165, 1.54) is 31.4 Å². The average Bonchev–Trinajstić information content (AvgIpc) is 2.64. The summed E-state index contributed by atoms with van der Waals surface area (Å²) >= 11 is 0. The van der Waals surface area contributed by atoms with Gasteiger partial charge in [-0.05, 0) is 46.2 Å². The number of nitrogens with two attached hydrogens (primary N) is 1. The Balaban J connectivity index is 2.05. The van der Waals surface area contributed by atoms with Crippen molar-refractivity contribution < 1.29 is 4.52 Å². The lowest BCUT2D eigenvalue weighted by atomic mass is 9.98. The lowest BCUT2D eigenvalue weighted by Crippen LogP contribution is -2.40. The van der Waals surface area contributed by atoms with Crippen molar-refractivity contribution in [1.82, 2.24) is 10.1 Å². The predicted octanol–water partition coefficient (Wildman–Crippen LogP) is 1.99. The largest absolute Gasteiger partial charge is 0.361 e. The summed E-state index contributed by atoms with van der Waals surface area (Å²) < 4.78 is 5.23. The van der Waals surface area contributed by atoms with Crippen LogP contribution in [0.4, 0.5) is 0 Å². The maximum absolute atomic E-state index is 5.70. The first-order valence-corrected chi connectivity index (χ1v) is 6.58. The molecule has 1 aromatic heterocycles. The van der Waals surface area contributed by atoms with Gasteiger partial charge in [0.15, 0.2) is 0 Å². The third-order valence-corrected chi connectivity index (χ3v) is 3.79. The zero-order chi connectivity index (χ0) is 12.3. The summed E-state index contributed by atoms with van der Waals surface area (Å²) in [7, 11) is 0. The van der Waals surface area contributed by atoms with E-state index in [0.717, 1.165) is 31.0 Å². The maximum atomic E-state index is 5.70. The van der Waals surface area contributed by atoms with Crippen molar-refractivity contribution in [2.75, 3.05) is 13.1 Å². The molecule has 1 unspecified atom stereocenters. The Bertz CT molecular complexity index is 340. The number of aryl methyl sites for hydroxylation is 2. The summed E-state index contributed by atoms with van der Waals surface area (Å²) in [6.07, 6.45) is 5.01. The van der Waals surface area contributed by atoms with Gasteiger partial charge in [0.1, 0.15) is 5.76 Å². The van der Waals surface area contributed by atoms with Crippen molar-refractivity contribution in [3.05, 3.63) is 17.0 Å². The van der Waals surface area contributed by atoms with E-state index in [1.807, 2.05) is 13.8 Å². The van der Waals surface area contributed by atoms with Crippen molar-refractivity contribution >= 4 is 0 Å². The highest BCUT2D eigenvalue weighted by Gasteiger charge is 2.23. The second kappa shape index (κ2) is 5.65. The Morgan fingerprint density at radius 3 is 2.88 bits per heavy atom. The Hall–Kier alpha value is -0.870. The minimum atomic E-state index is 0.641. The van der Waals surface area contributed by atoms with Crippen molar-refractivity contribution in [3.8, 4) is 0 Å². The Kier molecular flexibility index (Phi) is 4.18. The van der Waals surface area contributed by atoms with Crippen LogP contribution in [0.3, 0.4) is 0 Å². The van der Waals surface area contributed by atoms with Crippen LogP contribution in [0.25, 0.3) is 0 Å². The highest BCUT2D eigenvalue weighted by molar-refractivity contribution is 5.20. The normalized spacial score (nSPS) is 21.9. The summed E-state index contributed by atoms with van der Waals surface area (Å²) in [5, 5.41) is 4.03. The molecule has 1 aliphatic rings. The van der Waals surface area contributed by atoms with E-state index in [-0.39, 0.29) is 0 Å². The molecular weight excluding hydrogens is 214 g/mol. The van der Waals surface area contributed by atoms with E-state index in [2.05, 4.69) is 10.1 Å². The van der Waals surface area contributed by atoms with Gasteiger partial charge in [-0.15, -0.1) is 0 Å². The quantitative estimate of drug-likeness (QED) is 0.870. The molecule has 1 aromatic rings. The molecule has 0 aromatic carbocycles. The van der Waals surface area contributed by atoms with Crippen molar-refractivity contribution in [2.24, 2.45) is 5.73 Å². The highest BCUT2D eigenvalue weighted by Crippen LogP contribution is 2.23. The zero-order valence-corrected chi connectivity index (χ0v) is 10.9. The topological polar surface area (TPSA) is 55.3 Å². The maximum Gasteiger partial charge on any atom is 0.138 e. The van der Waals surface area contributed by atoms with E-state index >= 15 is 0 Å². The lowest BCUT2D eigenvalue weighted by molar-refractivity contribution is 0.133. The van der Waals surface area contributed by atoms with Crippen molar-refractivity contribution in [3.63, 3.8) is 0 Å². The van der Waals surface area contributed by atoms with Gasteiger partial charge in [0, 0.05) is 18.2 Å². The molecule has 1 fully saturated rings. The van der Waals surface area contributed by atoms with Crippen LogP contribution in [0.1, 0.15) is 42.7 Å². The molecule has 0 radical (unpaired) electrons. The molecule has 4 heteroatoms. The SMILES string of the molecule is Cc1noc(C)c1CN1CCCCC1CCN. The van der Waals surface area contributed by atoms with Crippen LogP contribution in [0, 0.1) is 13.8 Å². The van der Waals surface area contributed by atoms with Crippen LogP contribution < -0.4 is 5.73 Å². The molecule has 96 valence electrons. The summed E-state index contributed by atoms with van der Waals surface area (Å²) in [6.45, 7) is 6.94. The van der Waals surface area contributed by atoms with Gasteiger partial charge in [-0.3, -0.25) is 4.90 Å². The zero-order valence-electron chi connectivity index (χ0n) is 10.9. The van der Waals surface area contributed by atoms with Crippen molar-refractivity contribution in [1.29, 1.82) is 0 Å². The molecule has 2 heterocycles. The number of rotatable bonds is 4. The number of piperidine rings is 1. The van der Waals surface area contributed by atoms with Crippen LogP contribution in [0.2, 0.25) is 0 Å². The van der Waals surface area contributed by atoms with Gasteiger partial charge in [-0.1, -0.05) is 11.6 Å². The monoisotopic (exact) mass is 237 g/mol. The first-order valence-electron chi connectivity index (χ1n) is 6.58. The summed E-state index contributed by atoms with van der Waals surface area (Å²) in [4.78, 5) is 2.54. The first kappa shape index (κ1) is 12.6. The molecule has 2 N–H and O–H groups in total. The third-order valence-electron chi connectivity index (χ3n) is 3.79. The summed E-state index contributed by atoms with van der Waals surface area (Å²) in [5.74, 6) is 0.958. The van der Waals surface area contributed by atoms with Gasteiger partial charge in [0.25, 0.3) is 0 Å². The minimum absolute atomic E-state index is 0.641. The van der Waals surface area contributed by atoms with Crippen LogP contribution >= 0.6 is 0 Å². The smallest absolute Gasteiger partial charge is 0.138 e. The van der Waals surface area contributed by atoms with Crippen molar-refractivity contribution in [2.45, 2.75) is 52.1 Å². The second-order valence-electron chi connectivity index (χ2n) is 5.00. The van der Waals surface area contributed by atoms with Crippen LogP contribution in [-0.4, -0.2) is 29.2 Å². The van der Waals surface area contributed by atoms with Crippen LogP contribution in [0.5, 0.6) is 0 Å². The fourth-order valence-corrected chi connectivity index (χ4v) is 2.72. The Morgan fingerprint density at radius 1 is 1.41 bits per heavy atom. The summed E-state index contributed by atoms with van der Waals surface area (Å²) in [5.41, 5.74) is 7.98. The van der Waals surface area contributed by atoms with Gasteiger partial charge in [-0.2, -0.15) is 0 Å². The van der Waals surface area contributed by atoms with E-state index in [4.69, 9.17) is 10.3 Å². The molecule has 0 aliphatic carbocycles. The van der Waals surface area contributed by atoms with Gasteiger partial charge in [0.05, 0.1) is 5.69 Å². The average molecular weight is 237 g/mol. The molecule has 0 spiro atoms.